The number of ether oxygens (including phenoxy) is 2. The van der Waals surface area contributed by atoms with Crippen LogP contribution >= 0.6 is 0 Å². The number of hydrogen-bond donors (Lipinski definition) is 1. The molecule has 0 saturated carbocycles. The molecule has 0 radical (unpaired) electrons. The molecule has 1 aliphatic rings. The van der Waals surface area contributed by atoms with Crippen molar-refractivity contribution in [1.29, 1.82) is 0 Å². The summed E-state index contributed by atoms with van der Waals surface area (Å²) in [5.74, 6) is 0. The summed E-state index contributed by atoms with van der Waals surface area (Å²) in [5, 5.41) is 3.51. The van der Waals surface area contributed by atoms with E-state index in [-0.39, 0.29) is 0 Å². The molecule has 1 N–H and O–H groups in total. The summed E-state index contributed by atoms with van der Waals surface area (Å²) in [5.41, 5.74) is 0. The van der Waals surface area contributed by atoms with Gasteiger partial charge in [-0.25, -0.2) is 0 Å². The third-order valence-corrected chi connectivity index (χ3v) is 3.53. The normalized spacial score (nSPS) is 23.2. The number of rotatable bonds is 9. The zero-order valence-corrected chi connectivity index (χ0v) is 12.3. The lowest BCUT2D eigenvalue weighted by Gasteiger charge is -2.36. The highest BCUT2D eigenvalue weighted by Crippen LogP contribution is 2.10. The number of morpholine rings is 1. The molecule has 0 amide bonds. The lowest BCUT2D eigenvalue weighted by Crippen LogP contribution is -2.49. The lowest BCUT2D eigenvalue weighted by molar-refractivity contribution is -0.0416. The molecule has 0 bridgehead atoms. The maximum absolute atomic E-state index is 5.70. The van der Waals surface area contributed by atoms with Crippen LogP contribution in [0.15, 0.2) is 0 Å². The van der Waals surface area contributed by atoms with E-state index >= 15 is 0 Å². The molecule has 0 aromatic heterocycles. The van der Waals surface area contributed by atoms with E-state index < -0.39 is 0 Å². The van der Waals surface area contributed by atoms with Gasteiger partial charge in [0.15, 0.2) is 0 Å². The minimum atomic E-state index is 0.430. The monoisotopic (exact) mass is 258 g/mol. The van der Waals surface area contributed by atoms with Gasteiger partial charge in [-0.1, -0.05) is 6.92 Å². The Kier molecular flexibility index (Phi) is 8.59. The molecule has 18 heavy (non-hydrogen) atoms. The van der Waals surface area contributed by atoms with Crippen LogP contribution in [0.5, 0.6) is 0 Å². The molecule has 1 aliphatic heterocycles. The van der Waals surface area contributed by atoms with Gasteiger partial charge >= 0.3 is 0 Å². The first-order valence-electron chi connectivity index (χ1n) is 7.42. The molecule has 1 saturated heterocycles. The van der Waals surface area contributed by atoms with E-state index in [9.17, 15) is 0 Å². The Morgan fingerprint density at radius 2 is 2.28 bits per heavy atom. The van der Waals surface area contributed by atoms with Crippen molar-refractivity contribution < 1.29 is 9.47 Å². The minimum Gasteiger partial charge on any atom is -0.382 e. The largest absolute Gasteiger partial charge is 0.382 e. The van der Waals surface area contributed by atoms with Crippen LogP contribution in [-0.2, 0) is 9.47 Å². The van der Waals surface area contributed by atoms with Crippen LogP contribution in [0.25, 0.3) is 0 Å². The van der Waals surface area contributed by atoms with Crippen molar-refractivity contribution in [3.63, 3.8) is 0 Å². The third-order valence-electron chi connectivity index (χ3n) is 3.53. The van der Waals surface area contributed by atoms with Gasteiger partial charge in [0.25, 0.3) is 0 Å². The van der Waals surface area contributed by atoms with E-state index in [4.69, 9.17) is 9.47 Å². The standard InChI is InChI=1S/C14H30N2O2/c1-4-14-12-16(8-10-18-14)13(3)11-15-7-6-9-17-5-2/h13-15H,4-12H2,1-3H3. The van der Waals surface area contributed by atoms with E-state index in [0.717, 1.165) is 58.8 Å². The second kappa shape index (κ2) is 9.73. The molecule has 4 nitrogen and oxygen atoms in total. The van der Waals surface area contributed by atoms with Gasteiger partial charge in [-0.3, -0.25) is 4.90 Å². The van der Waals surface area contributed by atoms with Crippen LogP contribution in [0, 0.1) is 0 Å². The minimum absolute atomic E-state index is 0.430. The van der Waals surface area contributed by atoms with Crippen LogP contribution in [-0.4, -0.2) is 63.0 Å². The topological polar surface area (TPSA) is 33.7 Å². The van der Waals surface area contributed by atoms with Crippen LogP contribution in [0.3, 0.4) is 0 Å². The van der Waals surface area contributed by atoms with Crippen LogP contribution in [0.1, 0.15) is 33.6 Å². The van der Waals surface area contributed by atoms with Gasteiger partial charge in [0, 0.05) is 38.9 Å². The van der Waals surface area contributed by atoms with Crippen molar-refractivity contribution in [2.24, 2.45) is 0 Å². The Hall–Kier alpha value is -0.160. The molecule has 0 spiro atoms. The number of nitrogens with zero attached hydrogens (tertiary/aromatic N) is 1. The average Bonchev–Trinajstić information content (AvgIpc) is 2.42. The molecule has 1 heterocycles. The molecule has 1 fully saturated rings. The quantitative estimate of drug-likeness (QED) is 0.636. The van der Waals surface area contributed by atoms with Gasteiger partial charge in [-0.15, -0.1) is 0 Å². The SMILES string of the molecule is CCOCCCNCC(C)N1CCOC(CC)C1. The lowest BCUT2D eigenvalue weighted by atomic mass is 10.2. The molecule has 0 aliphatic carbocycles. The molecular formula is C14H30N2O2. The molecule has 0 aromatic carbocycles. The van der Waals surface area contributed by atoms with E-state index in [1.54, 1.807) is 0 Å². The fourth-order valence-corrected chi connectivity index (χ4v) is 2.27. The highest BCUT2D eigenvalue weighted by molar-refractivity contribution is 4.76. The average molecular weight is 258 g/mol. The van der Waals surface area contributed by atoms with E-state index in [2.05, 4.69) is 24.1 Å². The van der Waals surface area contributed by atoms with Gasteiger partial charge in [0.1, 0.15) is 0 Å². The smallest absolute Gasteiger partial charge is 0.0700 e. The Labute approximate surface area is 112 Å². The van der Waals surface area contributed by atoms with Crippen molar-refractivity contribution in [2.75, 3.05) is 46.0 Å². The highest BCUT2D eigenvalue weighted by Gasteiger charge is 2.22. The Bertz CT molecular complexity index is 202. The Morgan fingerprint density at radius 3 is 3.00 bits per heavy atom. The van der Waals surface area contributed by atoms with Gasteiger partial charge in [0.2, 0.25) is 0 Å². The highest BCUT2D eigenvalue weighted by atomic mass is 16.5. The second-order valence-electron chi connectivity index (χ2n) is 5.00. The van der Waals surface area contributed by atoms with Crippen molar-refractivity contribution in [3.05, 3.63) is 0 Å². The van der Waals surface area contributed by atoms with Gasteiger partial charge in [0.05, 0.1) is 12.7 Å². The van der Waals surface area contributed by atoms with Crippen molar-refractivity contribution in [1.82, 2.24) is 10.2 Å². The van der Waals surface area contributed by atoms with Crippen molar-refractivity contribution >= 4 is 0 Å². The first-order valence-corrected chi connectivity index (χ1v) is 7.42. The molecule has 4 heteroatoms. The third kappa shape index (κ3) is 6.14. The summed E-state index contributed by atoms with van der Waals surface area (Å²) in [6.45, 7) is 13.4. The van der Waals surface area contributed by atoms with Gasteiger partial charge < -0.3 is 14.8 Å². The summed E-state index contributed by atoms with van der Waals surface area (Å²) in [6.07, 6.45) is 2.64. The summed E-state index contributed by atoms with van der Waals surface area (Å²) < 4.78 is 11.0. The first-order chi connectivity index (χ1) is 8.77. The molecule has 2 unspecified atom stereocenters. The molecule has 1 rings (SSSR count). The summed E-state index contributed by atoms with van der Waals surface area (Å²) in [6, 6.07) is 0.593. The fourth-order valence-electron chi connectivity index (χ4n) is 2.27. The van der Waals surface area contributed by atoms with Crippen LogP contribution in [0.4, 0.5) is 0 Å². The molecule has 108 valence electrons. The molecule has 0 aromatic rings. The molecular weight excluding hydrogens is 228 g/mol. The van der Waals surface area contributed by atoms with Crippen LogP contribution in [0.2, 0.25) is 0 Å². The van der Waals surface area contributed by atoms with E-state index in [0.29, 0.717) is 12.1 Å². The summed E-state index contributed by atoms with van der Waals surface area (Å²) in [4.78, 5) is 2.53. The maximum Gasteiger partial charge on any atom is 0.0700 e. The summed E-state index contributed by atoms with van der Waals surface area (Å²) in [7, 11) is 0. The Balaban J connectivity index is 2.06. The van der Waals surface area contributed by atoms with Crippen molar-refractivity contribution in [2.45, 2.75) is 45.8 Å². The van der Waals surface area contributed by atoms with Gasteiger partial charge in [-0.2, -0.15) is 0 Å². The fraction of sp³-hybridized carbons (Fsp3) is 1.00. The predicted molar refractivity (Wildman–Crippen MR) is 75.0 cm³/mol. The van der Waals surface area contributed by atoms with E-state index in [1.165, 1.54) is 0 Å². The maximum atomic E-state index is 5.70. The first kappa shape index (κ1) is 15.9. The molecule has 2 atom stereocenters. The Morgan fingerprint density at radius 1 is 1.44 bits per heavy atom. The number of nitrogens with one attached hydrogen (secondary N) is 1. The second-order valence-corrected chi connectivity index (χ2v) is 5.00. The zero-order chi connectivity index (χ0) is 13.2. The summed E-state index contributed by atoms with van der Waals surface area (Å²) >= 11 is 0. The predicted octanol–water partition coefficient (Wildman–Crippen LogP) is 1.50. The van der Waals surface area contributed by atoms with Gasteiger partial charge in [-0.05, 0) is 33.2 Å². The number of hydrogen-bond acceptors (Lipinski definition) is 4. The van der Waals surface area contributed by atoms with E-state index in [1.807, 2.05) is 6.92 Å². The van der Waals surface area contributed by atoms with Crippen LogP contribution < -0.4 is 5.32 Å². The zero-order valence-electron chi connectivity index (χ0n) is 12.3. The van der Waals surface area contributed by atoms with Crippen molar-refractivity contribution in [3.8, 4) is 0 Å².